The van der Waals surface area contributed by atoms with Gasteiger partial charge in [0.2, 0.25) is 10.6 Å². The fourth-order valence-corrected chi connectivity index (χ4v) is 1.25. The second-order valence-electron chi connectivity index (χ2n) is 2.78. The molecule has 12 heavy (non-hydrogen) atoms. The van der Waals surface area contributed by atoms with Crippen molar-refractivity contribution in [1.82, 2.24) is 0 Å². The Labute approximate surface area is 69.1 Å². The fourth-order valence-electron chi connectivity index (χ4n) is 1.25. The van der Waals surface area contributed by atoms with Crippen LogP contribution >= 0.6 is 0 Å². The average molecular weight is 156 g/mol. The maximum absolute atomic E-state index is 7.39. The van der Waals surface area contributed by atoms with E-state index in [0.717, 1.165) is 10.4 Å². The van der Waals surface area contributed by atoms with Crippen LogP contribution in [0.1, 0.15) is 0 Å². The minimum absolute atomic E-state index is 0.494. The molecule has 0 radical (unpaired) electrons. The van der Waals surface area contributed by atoms with Crippen molar-refractivity contribution in [2.75, 3.05) is 0 Å². The average Bonchev–Trinajstić information content (AvgIpc) is 2.03. The molecule has 0 heterocycles. The zero-order chi connectivity index (χ0) is 8.55. The van der Waals surface area contributed by atoms with E-state index in [-0.39, 0.29) is 0 Å². The molecule has 56 valence electrons. The Balaban J connectivity index is 3.11. The van der Waals surface area contributed by atoms with E-state index in [1.54, 1.807) is 24.3 Å². The minimum atomic E-state index is 0.494. The molecule has 0 bridgehead atoms. The Morgan fingerprint density at radius 2 is 1.33 bits per heavy atom. The third-order valence-electron chi connectivity index (χ3n) is 1.84. The van der Waals surface area contributed by atoms with E-state index in [1.165, 1.54) is 0 Å². The highest BCUT2D eigenvalue weighted by Crippen LogP contribution is 1.91. The van der Waals surface area contributed by atoms with E-state index < -0.39 is 0 Å². The Hall–Kier alpha value is -1.70. The molecule has 0 spiro atoms. The minimum Gasteiger partial charge on any atom is -0.281 e. The summed E-state index contributed by atoms with van der Waals surface area (Å²) in [4.78, 5) is 0. The van der Waals surface area contributed by atoms with Gasteiger partial charge in [-0.2, -0.15) is 0 Å². The third-order valence-corrected chi connectivity index (χ3v) is 1.84. The van der Waals surface area contributed by atoms with Crippen molar-refractivity contribution in [2.24, 2.45) is 0 Å². The van der Waals surface area contributed by atoms with Crippen LogP contribution in [0.5, 0.6) is 0 Å². The lowest BCUT2D eigenvalue weighted by Gasteiger charge is -1.75. The van der Waals surface area contributed by atoms with Crippen molar-refractivity contribution in [3.63, 3.8) is 0 Å². The topological polar surface area (TPSA) is 47.7 Å². The standard InChI is InChI=1S/C10H8N2/c11-9-3-1-7-2-4-10(12)6-8(7)5-9/h1-6,11-12H/q+2. The lowest BCUT2D eigenvalue weighted by Crippen LogP contribution is -2.01. The smallest absolute Gasteiger partial charge is 0.228 e. The highest BCUT2D eigenvalue weighted by Gasteiger charge is 2.02. The maximum atomic E-state index is 7.39. The summed E-state index contributed by atoms with van der Waals surface area (Å²) in [5, 5.41) is 17.8. The maximum Gasteiger partial charge on any atom is 0.228 e. The van der Waals surface area contributed by atoms with Gasteiger partial charge >= 0.3 is 0 Å². The molecule has 0 aromatic heterocycles. The largest absolute Gasteiger partial charge is 0.281 e. The van der Waals surface area contributed by atoms with Gasteiger partial charge in [0.05, 0.1) is 0 Å². The third kappa shape index (κ3) is 1.07. The SMILES string of the molecule is N=c1ccc2ccc(=N)[cH+]c=2[cH+]1. The van der Waals surface area contributed by atoms with Crippen molar-refractivity contribution in [3.05, 3.63) is 57.5 Å². The summed E-state index contributed by atoms with van der Waals surface area (Å²) in [7, 11) is 0. The van der Waals surface area contributed by atoms with Crippen LogP contribution in [0.3, 0.4) is 0 Å². The predicted octanol–water partition coefficient (Wildman–Crippen LogP) is 0.808. The highest BCUT2D eigenvalue weighted by atomic mass is 14.3. The summed E-state index contributed by atoms with van der Waals surface area (Å²) in [6.45, 7) is 0. The molecule has 0 amide bonds. The van der Waals surface area contributed by atoms with Crippen molar-refractivity contribution < 1.29 is 0 Å². The van der Waals surface area contributed by atoms with Gasteiger partial charge in [-0.1, -0.05) is 0 Å². The predicted molar refractivity (Wildman–Crippen MR) is 44.6 cm³/mol. The van der Waals surface area contributed by atoms with Gasteiger partial charge in [-0.3, -0.25) is 10.8 Å². The molecule has 0 fully saturated rings. The van der Waals surface area contributed by atoms with Gasteiger partial charge < -0.3 is 0 Å². The normalized spacial score (nSPS) is 10.3. The molecule has 0 saturated carbocycles. The molecule has 2 rings (SSSR count). The molecule has 0 aromatic rings. The lowest BCUT2D eigenvalue weighted by atomic mass is 10.2. The van der Waals surface area contributed by atoms with Crippen molar-refractivity contribution in [1.29, 1.82) is 10.8 Å². The summed E-state index contributed by atoms with van der Waals surface area (Å²) in [5.41, 5.74) is 0. The quantitative estimate of drug-likeness (QED) is 0.530. The molecule has 0 saturated heterocycles. The van der Waals surface area contributed by atoms with E-state index in [1.807, 2.05) is 12.1 Å². The number of nitrogens with one attached hydrogen (secondary N) is 2. The molecule has 0 aromatic carbocycles. The first-order valence-corrected chi connectivity index (χ1v) is 3.73. The van der Waals surface area contributed by atoms with E-state index >= 15 is 0 Å². The van der Waals surface area contributed by atoms with Crippen LogP contribution in [0.25, 0.3) is 0 Å². The van der Waals surface area contributed by atoms with Crippen molar-refractivity contribution in [2.45, 2.75) is 0 Å². The number of rotatable bonds is 0. The van der Waals surface area contributed by atoms with Crippen LogP contribution in [0.4, 0.5) is 0 Å². The van der Waals surface area contributed by atoms with Gasteiger partial charge in [-0.25, -0.2) is 0 Å². The molecule has 0 unspecified atom stereocenters. The van der Waals surface area contributed by atoms with Crippen LogP contribution < -0.4 is 10.7 Å². The molecule has 2 aliphatic rings. The van der Waals surface area contributed by atoms with Gasteiger partial charge in [0.1, 0.15) is 29.6 Å². The van der Waals surface area contributed by atoms with Crippen LogP contribution in [0.2, 0.25) is 0 Å². The van der Waals surface area contributed by atoms with Crippen molar-refractivity contribution in [3.8, 4) is 0 Å². The van der Waals surface area contributed by atoms with Crippen LogP contribution in [-0.2, 0) is 0 Å². The monoisotopic (exact) mass is 156 g/mol. The number of hydrogen-bond donors (Lipinski definition) is 2. The molecule has 2 aliphatic carbocycles. The van der Waals surface area contributed by atoms with E-state index in [0.29, 0.717) is 10.7 Å². The molecular weight excluding hydrogens is 148 g/mol. The molecular formula is C10H8N2+2. The molecule has 2 heteroatoms. The fraction of sp³-hybridized carbons (Fsp3) is 0. The first-order chi connectivity index (χ1) is 5.75. The lowest BCUT2D eigenvalue weighted by molar-refractivity contribution is 1.21. The van der Waals surface area contributed by atoms with E-state index in [4.69, 9.17) is 10.8 Å². The van der Waals surface area contributed by atoms with Crippen LogP contribution in [0, 0.1) is 21.3 Å². The molecule has 2 nitrogen and oxygen atoms in total. The molecule has 2 N–H and O–H groups in total. The molecule has 0 atom stereocenters. The first-order valence-electron chi connectivity index (χ1n) is 3.73. The molecule has 0 aliphatic heterocycles. The van der Waals surface area contributed by atoms with Gasteiger partial charge in [0, 0.05) is 12.1 Å². The summed E-state index contributed by atoms with van der Waals surface area (Å²) in [5.74, 6) is 0. The Morgan fingerprint density at radius 3 is 1.83 bits per heavy atom. The van der Waals surface area contributed by atoms with Crippen LogP contribution in [-0.4, -0.2) is 0 Å². The second kappa shape index (κ2) is 2.41. The van der Waals surface area contributed by atoms with Gasteiger partial charge in [-0.05, 0) is 0 Å². The zero-order valence-corrected chi connectivity index (χ0v) is 6.46. The van der Waals surface area contributed by atoms with E-state index in [2.05, 4.69) is 0 Å². The zero-order valence-electron chi connectivity index (χ0n) is 6.46. The highest BCUT2D eigenvalue weighted by molar-refractivity contribution is 5.14. The second-order valence-corrected chi connectivity index (χ2v) is 2.78. The van der Waals surface area contributed by atoms with Gasteiger partial charge in [-0.15, -0.1) is 0 Å². The Bertz CT molecular complexity index is 512. The Kier molecular flexibility index (Phi) is 1.40. The van der Waals surface area contributed by atoms with Crippen LogP contribution in [0.15, 0.2) is 36.4 Å². The van der Waals surface area contributed by atoms with E-state index in [9.17, 15) is 0 Å². The van der Waals surface area contributed by atoms with Gasteiger partial charge in [0.25, 0.3) is 0 Å². The first kappa shape index (κ1) is 6.98. The Morgan fingerprint density at radius 1 is 0.833 bits per heavy atom. The summed E-state index contributed by atoms with van der Waals surface area (Å²) in [6.07, 6.45) is 0. The van der Waals surface area contributed by atoms with Crippen molar-refractivity contribution >= 4 is 0 Å². The number of hydrogen-bond acceptors (Lipinski definition) is 2. The summed E-state index contributed by atoms with van der Waals surface area (Å²) < 4.78 is 0. The van der Waals surface area contributed by atoms with Gasteiger partial charge in [0.15, 0.2) is 5.22 Å². The summed E-state index contributed by atoms with van der Waals surface area (Å²) in [6, 6.07) is 10.9. The summed E-state index contributed by atoms with van der Waals surface area (Å²) >= 11 is 0.